The van der Waals surface area contributed by atoms with Gasteiger partial charge in [-0.1, -0.05) is 0 Å². The Morgan fingerprint density at radius 2 is 2.15 bits per heavy atom. The van der Waals surface area contributed by atoms with Gasteiger partial charge < -0.3 is 9.30 Å². The van der Waals surface area contributed by atoms with E-state index in [1.165, 1.54) is 16.8 Å². The summed E-state index contributed by atoms with van der Waals surface area (Å²) in [5.74, 6) is 0.712. The summed E-state index contributed by atoms with van der Waals surface area (Å²) in [6.45, 7) is 5.73. The first-order chi connectivity index (χ1) is 12.4. The quantitative estimate of drug-likeness (QED) is 0.758. The van der Waals surface area contributed by atoms with Crippen LogP contribution in [-0.2, 0) is 28.4 Å². The van der Waals surface area contributed by atoms with Crippen LogP contribution in [0.3, 0.4) is 0 Å². The first-order valence-corrected chi connectivity index (χ1v) is 10.2. The van der Waals surface area contributed by atoms with Gasteiger partial charge in [0.2, 0.25) is 0 Å². The zero-order chi connectivity index (χ0) is 18.7. The van der Waals surface area contributed by atoms with Crippen molar-refractivity contribution < 1.29 is 13.2 Å². The Balaban J connectivity index is 1.86. The molecule has 0 radical (unpaired) electrons. The molecule has 2 aromatic rings. The van der Waals surface area contributed by atoms with E-state index in [-0.39, 0.29) is 10.9 Å². The number of nitrogens with zero attached hydrogens (tertiary/aromatic N) is 5. The molecule has 1 atom stereocenters. The van der Waals surface area contributed by atoms with Crippen molar-refractivity contribution in [1.82, 2.24) is 23.8 Å². The lowest BCUT2D eigenvalue weighted by atomic mass is 9.93. The number of piperidine rings is 1. The maximum atomic E-state index is 12.9. The van der Waals surface area contributed by atoms with Gasteiger partial charge in [0.05, 0.1) is 18.6 Å². The third kappa shape index (κ3) is 3.94. The van der Waals surface area contributed by atoms with Crippen molar-refractivity contribution in [2.45, 2.75) is 44.2 Å². The highest BCUT2D eigenvalue weighted by molar-refractivity contribution is 7.89. The number of imidazole rings is 1. The third-order valence-corrected chi connectivity index (χ3v) is 6.29. The molecule has 9 heteroatoms. The van der Waals surface area contributed by atoms with Crippen molar-refractivity contribution in [2.24, 2.45) is 7.05 Å². The Morgan fingerprint density at radius 3 is 2.85 bits per heavy atom. The summed E-state index contributed by atoms with van der Waals surface area (Å²) in [5.41, 5.74) is 1.83. The van der Waals surface area contributed by atoms with E-state index < -0.39 is 10.0 Å². The molecular formula is C17H25N5O3S. The van der Waals surface area contributed by atoms with Crippen LogP contribution in [0.4, 0.5) is 0 Å². The van der Waals surface area contributed by atoms with Gasteiger partial charge in [-0.25, -0.2) is 23.4 Å². The van der Waals surface area contributed by atoms with Gasteiger partial charge in [0.15, 0.2) is 5.03 Å². The van der Waals surface area contributed by atoms with E-state index in [1.54, 1.807) is 17.8 Å². The van der Waals surface area contributed by atoms with Gasteiger partial charge in [0, 0.05) is 50.6 Å². The Morgan fingerprint density at radius 1 is 1.35 bits per heavy atom. The maximum Gasteiger partial charge on any atom is 0.262 e. The fourth-order valence-corrected chi connectivity index (χ4v) is 4.72. The van der Waals surface area contributed by atoms with E-state index in [0.717, 1.165) is 24.1 Å². The molecule has 1 saturated heterocycles. The molecule has 3 heterocycles. The van der Waals surface area contributed by atoms with Gasteiger partial charge in [-0.15, -0.1) is 0 Å². The molecule has 142 valence electrons. The summed E-state index contributed by atoms with van der Waals surface area (Å²) >= 11 is 0. The van der Waals surface area contributed by atoms with Crippen LogP contribution in [0.1, 0.15) is 42.8 Å². The van der Waals surface area contributed by atoms with Crippen molar-refractivity contribution >= 4 is 10.0 Å². The number of ether oxygens (including phenoxy) is 1. The molecular weight excluding hydrogens is 354 g/mol. The lowest BCUT2D eigenvalue weighted by Gasteiger charge is -2.32. The number of hydrogen-bond acceptors (Lipinski definition) is 6. The second-order valence-electron chi connectivity index (χ2n) is 6.54. The molecule has 0 N–H and O–H groups in total. The normalized spacial score (nSPS) is 19.0. The Bertz CT molecular complexity index is 865. The molecule has 0 saturated carbocycles. The van der Waals surface area contributed by atoms with Crippen molar-refractivity contribution in [3.8, 4) is 0 Å². The van der Waals surface area contributed by atoms with E-state index in [9.17, 15) is 8.42 Å². The molecule has 2 aromatic heterocycles. The second-order valence-corrected chi connectivity index (χ2v) is 8.43. The predicted octanol–water partition coefficient (Wildman–Crippen LogP) is 1.62. The Kier molecular flexibility index (Phi) is 5.69. The Labute approximate surface area is 154 Å². The summed E-state index contributed by atoms with van der Waals surface area (Å²) in [5, 5.41) is 0.0917. The highest BCUT2D eigenvalue weighted by Crippen LogP contribution is 2.31. The topological polar surface area (TPSA) is 90.2 Å². The smallest absolute Gasteiger partial charge is 0.262 e. The van der Waals surface area contributed by atoms with E-state index in [4.69, 9.17) is 4.74 Å². The van der Waals surface area contributed by atoms with Crippen LogP contribution in [0.25, 0.3) is 0 Å². The van der Waals surface area contributed by atoms with Gasteiger partial charge in [0.1, 0.15) is 5.82 Å². The fraction of sp³-hybridized carbons (Fsp3) is 0.588. The first kappa shape index (κ1) is 18.9. The summed E-state index contributed by atoms with van der Waals surface area (Å²) in [6, 6.07) is 0. The van der Waals surface area contributed by atoms with Gasteiger partial charge in [0.25, 0.3) is 10.0 Å². The molecule has 3 rings (SSSR count). The molecule has 1 aliphatic rings. The number of aromatic nitrogens is 4. The number of sulfonamides is 1. The predicted molar refractivity (Wildman–Crippen MR) is 96.0 cm³/mol. The average molecular weight is 379 g/mol. The molecule has 0 aromatic carbocycles. The average Bonchev–Trinajstić information content (AvgIpc) is 3.08. The van der Waals surface area contributed by atoms with Crippen molar-refractivity contribution in [2.75, 3.05) is 19.7 Å². The van der Waals surface area contributed by atoms with Gasteiger partial charge in [-0.3, -0.25) is 0 Å². The van der Waals surface area contributed by atoms with Crippen molar-refractivity contribution in [3.63, 3.8) is 0 Å². The van der Waals surface area contributed by atoms with Gasteiger partial charge in [-0.2, -0.15) is 4.31 Å². The molecule has 0 amide bonds. The highest BCUT2D eigenvalue weighted by Gasteiger charge is 2.33. The molecule has 1 aliphatic heterocycles. The second kappa shape index (κ2) is 7.81. The number of aryl methyl sites for hydroxylation is 2. The lowest BCUT2D eigenvalue weighted by molar-refractivity contribution is 0.132. The van der Waals surface area contributed by atoms with E-state index in [2.05, 4.69) is 15.0 Å². The van der Waals surface area contributed by atoms with Gasteiger partial charge in [-0.05, 0) is 26.7 Å². The maximum absolute atomic E-state index is 12.9. The molecule has 0 spiro atoms. The molecule has 8 nitrogen and oxygen atoms in total. The van der Waals surface area contributed by atoms with Crippen LogP contribution < -0.4 is 0 Å². The molecule has 0 aliphatic carbocycles. The zero-order valence-electron chi connectivity index (χ0n) is 15.4. The van der Waals surface area contributed by atoms with Crippen molar-refractivity contribution in [3.05, 3.63) is 35.8 Å². The molecule has 0 bridgehead atoms. The summed E-state index contributed by atoms with van der Waals surface area (Å²) in [4.78, 5) is 12.9. The lowest BCUT2D eigenvalue weighted by Crippen LogP contribution is -2.39. The molecule has 1 fully saturated rings. The standard InChI is InChI=1S/C17H25N5O3S/c1-4-25-11-15-8-18-13(2)20-17(15)14-6-5-7-22(9-14)26(23,24)16-10-21(3)12-19-16/h8,10,12,14H,4-7,9,11H2,1-3H3. The number of hydrogen-bond donors (Lipinski definition) is 0. The number of rotatable bonds is 6. The van der Waals surface area contributed by atoms with Crippen LogP contribution in [0.2, 0.25) is 0 Å². The fourth-order valence-electron chi connectivity index (χ4n) is 3.23. The minimum Gasteiger partial charge on any atom is -0.377 e. The van der Waals surface area contributed by atoms with Crippen LogP contribution >= 0.6 is 0 Å². The zero-order valence-corrected chi connectivity index (χ0v) is 16.2. The van der Waals surface area contributed by atoms with E-state index >= 15 is 0 Å². The van der Waals surface area contributed by atoms with Crippen molar-refractivity contribution in [1.29, 1.82) is 0 Å². The summed E-state index contributed by atoms with van der Waals surface area (Å²) < 4.78 is 34.5. The minimum atomic E-state index is -3.60. The largest absolute Gasteiger partial charge is 0.377 e. The molecule has 26 heavy (non-hydrogen) atoms. The van der Waals surface area contributed by atoms with E-state index in [0.29, 0.717) is 32.1 Å². The third-order valence-electron chi connectivity index (χ3n) is 4.54. The first-order valence-electron chi connectivity index (χ1n) is 8.80. The van der Waals surface area contributed by atoms with E-state index in [1.807, 2.05) is 13.8 Å². The Hall–Kier alpha value is -1.84. The summed E-state index contributed by atoms with van der Waals surface area (Å²) in [7, 11) is -1.84. The van der Waals surface area contributed by atoms with Crippen LogP contribution in [0, 0.1) is 6.92 Å². The SMILES string of the molecule is CCOCc1cnc(C)nc1C1CCCN(S(=O)(=O)c2cn(C)cn2)C1. The molecule has 1 unspecified atom stereocenters. The minimum absolute atomic E-state index is 0.0272. The highest BCUT2D eigenvalue weighted by atomic mass is 32.2. The summed E-state index contributed by atoms with van der Waals surface area (Å²) in [6.07, 6.45) is 6.51. The van der Waals surface area contributed by atoms with Gasteiger partial charge >= 0.3 is 0 Å². The van der Waals surface area contributed by atoms with Crippen LogP contribution in [-0.4, -0.2) is 51.9 Å². The van der Waals surface area contributed by atoms with Crippen LogP contribution in [0.15, 0.2) is 23.7 Å². The van der Waals surface area contributed by atoms with Crippen LogP contribution in [0.5, 0.6) is 0 Å². The monoisotopic (exact) mass is 379 g/mol.